The van der Waals surface area contributed by atoms with Crippen molar-refractivity contribution < 1.29 is 66.7 Å². The van der Waals surface area contributed by atoms with Gasteiger partial charge in [-0.2, -0.15) is 0 Å². The van der Waals surface area contributed by atoms with Gasteiger partial charge in [-0.25, -0.2) is 9.13 Å². The van der Waals surface area contributed by atoms with Crippen molar-refractivity contribution in [2.75, 3.05) is 26.4 Å². The zero-order valence-electron chi connectivity index (χ0n) is 38.9. The van der Waals surface area contributed by atoms with E-state index in [1.54, 1.807) is 6.08 Å². The van der Waals surface area contributed by atoms with Gasteiger partial charge < -0.3 is 34.4 Å². The summed E-state index contributed by atoms with van der Waals surface area (Å²) in [6.45, 7) is 3.93. The molecule has 5 N–H and O–H groups in total. The molecular formula is C47H86O14P2. The van der Waals surface area contributed by atoms with E-state index in [-0.39, 0.29) is 12.8 Å². The van der Waals surface area contributed by atoms with Crippen LogP contribution in [-0.2, 0) is 41.8 Å². The lowest BCUT2D eigenvalue weighted by molar-refractivity contribution is -0.161. The third-order valence-corrected chi connectivity index (χ3v) is 11.4. The smallest absolute Gasteiger partial charge is 0.462 e. The minimum Gasteiger partial charge on any atom is -0.462 e. The highest BCUT2D eigenvalue weighted by molar-refractivity contribution is 7.47. The number of esters is 2. The first kappa shape index (κ1) is 61.0. The van der Waals surface area contributed by atoms with Crippen LogP contribution in [0.1, 0.15) is 188 Å². The molecule has 0 saturated heterocycles. The molecule has 0 aromatic rings. The molecule has 0 aromatic heterocycles. The van der Waals surface area contributed by atoms with Crippen LogP contribution in [0, 0.1) is 5.92 Å². The van der Waals surface area contributed by atoms with E-state index in [1.807, 2.05) is 36.5 Å². The Morgan fingerprint density at radius 3 is 1.71 bits per heavy atom. The van der Waals surface area contributed by atoms with Gasteiger partial charge in [-0.1, -0.05) is 179 Å². The Labute approximate surface area is 380 Å². The molecule has 368 valence electrons. The number of carbonyl (C=O) groups excluding carboxylic acids is 2. The maximum absolute atomic E-state index is 12.7. The van der Waals surface area contributed by atoms with Crippen molar-refractivity contribution in [2.24, 2.45) is 5.92 Å². The minimum absolute atomic E-state index is 0.0219. The minimum atomic E-state index is -4.88. The van der Waals surface area contributed by atoms with E-state index in [0.29, 0.717) is 32.1 Å². The summed E-state index contributed by atoms with van der Waals surface area (Å²) in [5.74, 6) is -0.321. The third-order valence-electron chi connectivity index (χ3n) is 9.97. The molecule has 0 spiro atoms. The van der Waals surface area contributed by atoms with E-state index in [1.165, 1.54) is 96.3 Å². The number of aliphatic hydroxyl groups is 2. The average Bonchev–Trinajstić information content (AvgIpc) is 3.22. The monoisotopic (exact) mass is 937 g/mol. The van der Waals surface area contributed by atoms with Crippen LogP contribution < -0.4 is 0 Å². The van der Waals surface area contributed by atoms with Gasteiger partial charge in [0, 0.05) is 12.8 Å². The summed E-state index contributed by atoms with van der Waals surface area (Å²) in [6.07, 6.45) is 38.5. The van der Waals surface area contributed by atoms with E-state index >= 15 is 0 Å². The molecule has 0 aromatic carbocycles. The molecule has 0 fully saturated rings. The molecule has 0 aliphatic carbocycles. The van der Waals surface area contributed by atoms with E-state index in [9.17, 15) is 33.8 Å². The van der Waals surface area contributed by atoms with Crippen LogP contribution in [0.3, 0.4) is 0 Å². The summed E-state index contributed by atoms with van der Waals surface area (Å²) >= 11 is 0. The zero-order chi connectivity index (χ0) is 46.9. The summed E-state index contributed by atoms with van der Waals surface area (Å²) in [4.78, 5) is 52.8. The summed E-state index contributed by atoms with van der Waals surface area (Å²) < 4.78 is 47.8. The maximum atomic E-state index is 12.7. The quantitative estimate of drug-likeness (QED) is 0.0126. The van der Waals surface area contributed by atoms with Crippen molar-refractivity contribution in [3.63, 3.8) is 0 Å². The van der Waals surface area contributed by atoms with Crippen LogP contribution in [0.4, 0.5) is 0 Å². The number of rotatable bonds is 44. The van der Waals surface area contributed by atoms with Gasteiger partial charge in [0.1, 0.15) is 12.7 Å². The lowest BCUT2D eigenvalue weighted by Crippen LogP contribution is -2.29. The van der Waals surface area contributed by atoms with Gasteiger partial charge in [0.2, 0.25) is 0 Å². The number of phosphoric ester groups is 2. The SMILES string of the molecule is CCCCC/C=C\C=C/[C@H](O)C/C=C\C/C=C/CCCC(=O)O[C@H](COC(=O)CCCCCCCCCCCCCCCCCC(C)C)COP(=O)(O)OC[C@@H](O)COP(=O)(O)O. The highest BCUT2D eigenvalue weighted by atomic mass is 31.2. The standard InChI is InChI=1S/C47H86O14P2/c1-4-5-6-7-18-24-29-34-43(48)35-30-25-20-17-22-27-32-37-47(51)61-45(41-60-63(55,56)59-39-44(49)38-58-62(52,53)54)40-57-46(50)36-31-26-21-16-14-12-10-8-9-11-13-15-19-23-28-33-42(2)3/h17-18,22,24-25,29-30,34,42-45,48-49H,4-16,19-21,23,26-28,31-33,35-41H2,1-3H3,(H,55,56)(H2,52,53,54)/b22-17+,24-18-,30-25-,34-29-/t43-,44-,45+/m0/s1. The van der Waals surface area contributed by atoms with Crippen molar-refractivity contribution in [1.82, 2.24) is 0 Å². The van der Waals surface area contributed by atoms with Gasteiger partial charge in [-0.05, 0) is 50.9 Å². The fourth-order valence-electron chi connectivity index (χ4n) is 6.31. The van der Waals surface area contributed by atoms with Crippen LogP contribution in [0.2, 0.25) is 0 Å². The second kappa shape index (κ2) is 41.5. The number of carbonyl (C=O) groups is 2. The number of hydrogen-bond acceptors (Lipinski definition) is 11. The number of allylic oxidation sites excluding steroid dienone is 6. The molecule has 0 radical (unpaired) electrons. The first-order valence-corrected chi connectivity index (χ1v) is 26.8. The normalized spacial score (nSPS) is 14.9. The first-order chi connectivity index (χ1) is 30.1. The van der Waals surface area contributed by atoms with Gasteiger partial charge >= 0.3 is 27.6 Å². The summed E-state index contributed by atoms with van der Waals surface area (Å²) in [5, 5.41) is 19.8. The predicted molar refractivity (Wildman–Crippen MR) is 250 cm³/mol. The number of aliphatic hydroxyl groups excluding tert-OH is 2. The van der Waals surface area contributed by atoms with Crippen molar-refractivity contribution in [2.45, 2.75) is 206 Å². The largest absolute Gasteiger partial charge is 0.472 e. The zero-order valence-corrected chi connectivity index (χ0v) is 40.7. The summed E-state index contributed by atoms with van der Waals surface area (Å²) in [6, 6.07) is 0. The van der Waals surface area contributed by atoms with Crippen LogP contribution in [0.25, 0.3) is 0 Å². The Kier molecular flexibility index (Phi) is 40.2. The fourth-order valence-corrected chi connectivity index (χ4v) is 7.47. The van der Waals surface area contributed by atoms with Gasteiger partial charge in [0.15, 0.2) is 6.10 Å². The van der Waals surface area contributed by atoms with Crippen molar-refractivity contribution in [3.8, 4) is 0 Å². The van der Waals surface area contributed by atoms with Crippen molar-refractivity contribution in [1.29, 1.82) is 0 Å². The van der Waals surface area contributed by atoms with Crippen LogP contribution in [0.5, 0.6) is 0 Å². The summed E-state index contributed by atoms with van der Waals surface area (Å²) in [7, 11) is -9.72. The first-order valence-electron chi connectivity index (χ1n) is 23.8. The van der Waals surface area contributed by atoms with E-state index < -0.39 is 72.3 Å². The van der Waals surface area contributed by atoms with E-state index in [4.69, 9.17) is 23.8 Å². The molecule has 0 aliphatic heterocycles. The van der Waals surface area contributed by atoms with Gasteiger partial charge in [0.25, 0.3) is 0 Å². The average molecular weight is 937 g/mol. The number of ether oxygens (including phenoxy) is 2. The molecule has 4 atom stereocenters. The topological polar surface area (TPSA) is 216 Å². The highest BCUT2D eigenvalue weighted by Crippen LogP contribution is 2.43. The number of phosphoric acid groups is 2. The Hall–Kier alpha value is -1.96. The number of unbranched alkanes of at least 4 members (excludes halogenated alkanes) is 18. The van der Waals surface area contributed by atoms with Gasteiger partial charge in [-0.15, -0.1) is 0 Å². The molecule has 16 heteroatoms. The Morgan fingerprint density at radius 1 is 0.571 bits per heavy atom. The molecular weight excluding hydrogens is 850 g/mol. The molecule has 0 aliphatic rings. The van der Waals surface area contributed by atoms with Crippen molar-refractivity contribution >= 4 is 27.6 Å². The molecule has 63 heavy (non-hydrogen) atoms. The lowest BCUT2D eigenvalue weighted by atomic mass is 10.0. The Morgan fingerprint density at radius 2 is 1.11 bits per heavy atom. The fraction of sp³-hybridized carbons (Fsp3) is 0.787. The predicted octanol–water partition coefficient (Wildman–Crippen LogP) is 11.4. The summed E-state index contributed by atoms with van der Waals surface area (Å²) in [5.41, 5.74) is 0. The van der Waals surface area contributed by atoms with Crippen LogP contribution >= 0.6 is 15.6 Å². The molecule has 0 heterocycles. The highest BCUT2D eigenvalue weighted by Gasteiger charge is 2.28. The second-order valence-electron chi connectivity index (χ2n) is 16.7. The molecule has 0 amide bonds. The van der Waals surface area contributed by atoms with Gasteiger partial charge in [-0.3, -0.25) is 23.2 Å². The van der Waals surface area contributed by atoms with E-state index in [2.05, 4.69) is 35.9 Å². The maximum Gasteiger partial charge on any atom is 0.472 e. The van der Waals surface area contributed by atoms with Crippen LogP contribution in [-0.4, -0.2) is 81.6 Å². The Balaban J connectivity index is 4.59. The molecule has 0 saturated carbocycles. The second-order valence-corrected chi connectivity index (χ2v) is 19.4. The molecule has 0 bridgehead atoms. The number of hydrogen-bond donors (Lipinski definition) is 5. The van der Waals surface area contributed by atoms with Crippen LogP contribution in [0.15, 0.2) is 48.6 Å². The molecule has 0 rings (SSSR count). The Bertz CT molecular complexity index is 1330. The van der Waals surface area contributed by atoms with Crippen molar-refractivity contribution in [3.05, 3.63) is 48.6 Å². The van der Waals surface area contributed by atoms with E-state index in [0.717, 1.165) is 31.6 Å². The van der Waals surface area contributed by atoms with Gasteiger partial charge in [0.05, 0.1) is 25.9 Å². The third kappa shape index (κ3) is 46.4. The lowest BCUT2D eigenvalue weighted by Gasteiger charge is -2.20. The molecule has 14 nitrogen and oxygen atoms in total. The molecule has 1 unspecified atom stereocenters.